The van der Waals surface area contributed by atoms with E-state index in [0.29, 0.717) is 5.56 Å². The number of hydrogen-bond acceptors (Lipinski definition) is 4. The number of carbonyl (C=O) groups excluding carboxylic acids is 1. The fraction of sp³-hybridized carbons (Fsp3) is 0.0714. The van der Waals surface area contributed by atoms with E-state index in [-0.39, 0.29) is 17.9 Å². The van der Waals surface area contributed by atoms with Crippen molar-refractivity contribution < 1.29 is 9.72 Å². The molecule has 0 aromatic heterocycles. The van der Waals surface area contributed by atoms with Crippen LogP contribution in [0.15, 0.2) is 52.3 Å². The second kappa shape index (κ2) is 4.51. The summed E-state index contributed by atoms with van der Waals surface area (Å²) < 4.78 is 0. The fourth-order valence-corrected chi connectivity index (χ4v) is 3.16. The molecule has 4 nitrogen and oxygen atoms in total. The number of hydrogen-bond donors (Lipinski definition) is 0. The van der Waals surface area contributed by atoms with Gasteiger partial charge in [-0.15, -0.1) is 0 Å². The van der Waals surface area contributed by atoms with Gasteiger partial charge >= 0.3 is 0 Å². The van der Waals surface area contributed by atoms with Crippen LogP contribution in [0.2, 0.25) is 0 Å². The van der Waals surface area contributed by atoms with Crippen LogP contribution in [0.5, 0.6) is 0 Å². The molecule has 0 spiro atoms. The summed E-state index contributed by atoms with van der Waals surface area (Å²) in [6, 6.07) is 12.1. The predicted octanol–water partition coefficient (Wildman–Crippen LogP) is 3.48. The minimum absolute atomic E-state index is 0.00217. The highest BCUT2D eigenvalue weighted by Gasteiger charge is 2.21. The van der Waals surface area contributed by atoms with Crippen molar-refractivity contribution in [2.75, 3.05) is 0 Å². The lowest BCUT2D eigenvalue weighted by Crippen LogP contribution is -2.03. The number of non-ortho nitro benzene ring substituents is 1. The van der Waals surface area contributed by atoms with Gasteiger partial charge in [-0.25, -0.2) is 0 Å². The summed E-state index contributed by atoms with van der Waals surface area (Å²) in [4.78, 5) is 24.3. The summed E-state index contributed by atoms with van der Waals surface area (Å²) in [5.74, 6) is 0.00217. The summed E-state index contributed by atoms with van der Waals surface area (Å²) in [5, 5.41) is 10.8. The van der Waals surface area contributed by atoms with E-state index in [0.717, 1.165) is 15.4 Å². The molecule has 0 unspecified atom stereocenters. The van der Waals surface area contributed by atoms with Gasteiger partial charge in [0.15, 0.2) is 5.78 Å². The average Bonchev–Trinajstić information content (AvgIpc) is 2.54. The summed E-state index contributed by atoms with van der Waals surface area (Å²) in [6.07, 6.45) is 0.209. The van der Waals surface area contributed by atoms with Gasteiger partial charge in [0.2, 0.25) is 0 Å². The van der Waals surface area contributed by atoms with Gasteiger partial charge in [0.05, 0.1) is 4.92 Å². The summed E-state index contributed by atoms with van der Waals surface area (Å²) in [6.45, 7) is 0. The van der Waals surface area contributed by atoms with Crippen molar-refractivity contribution in [2.24, 2.45) is 0 Å². The Balaban J connectivity index is 2.12. The second-order valence-corrected chi connectivity index (χ2v) is 5.33. The van der Waals surface area contributed by atoms with Gasteiger partial charge < -0.3 is 0 Å². The monoisotopic (exact) mass is 271 g/mol. The molecule has 5 heteroatoms. The Morgan fingerprint density at radius 3 is 2.68 bits per heavy atom. The van der Waals surface area contributed by atoms with Crippen molar-refractivity contribution in [1.82, 2.24) is 0 Å². The third-order valence-corrected chi connectivity index (χ3v) is 4.21. The number of nitrogens with zero attached hydrogens (tertiary/aromatic N) is 1. The smallest absolute Gasteiger partial charge is 0.269 e. The lowest BCUT2D eigenvalue weighted by molar-refractivity contribution is -0.385. The van der Waals surface area contributed by atoms with E-state index < -0.39 is 4.92 Å². The van der Waals surface area contributed by atoms with Crippen molar-refractivity contribution in [3.8, 4) is 0 Å². The molecule has 0 N–H and O–H groups in total. The Bertz CT molecular complexity index is 697. The SMILES string of the molecule is O=C1Cc2cc([N+](=O)[O-])ccc2Sc2ccccc21. The van der Waals surface area contributed by atoms with Crippen LogP contribution < -0.4 is 0 Å². The van der Waals surface area contributed by atoms with E-state index in [4.69, 9.17) is 0 Å². The largest absolute Gasteiger partial charge is 0.294 e. The Morgan fingerprint density at radius 1 is 1.11 bits per heavy atom. The molecule has 0 saturated carbocycles. The van der Waals surface area contributed by atoms with Crippen molar-refractivity contribution in [3.05, 3.63) is 63.7 Å². The average molecular weight is 271 g/mol. The van der Waals surface area contributed by atoms with Crippen LogP contribution in [-0.2, 0) is 6.42 Å². The molecule has 0 amide bonds. The van der Waals surface area contributed by atoms with Gasteiger partial charge in [0.25, 0.3) is 5.69 Å². The zero-order valence-corrected chi connectivity index (χ0v) is 10.6. The van der Waals surface area contributed by atoms with E-state index >= 15 is 0 Å². The van der Waals surface area contributed by atoms with Crippen LogP contribution in [0, 0.1) is 10.1 Å². The van der Waals surface area contributed by atoms with Crippen LogP contribution in [0.25, 0.3) is 0 Å². The van der Waals surface area contributed by atoms with Gasteiger partial charge in [-0.3, -0.25) is 14.9 Å². The topological polar surface area (TPSA) is 60.2 Å². The standard InChI is InChI=1S/C14H9NO3S/c16-12-8-9-7-10(15(17)18)5-6-13(9)19-14-4-2-1-3-11(12)14/h1-7H,8H2. The van der Waals surface area contributed by atoms with Crippen LogP contribution in [0.3, 0.4) is 0 Å². The first-order chi connectivity index (χ1) is 9.15. The maximum atomic E-state index is 12.2. The zero-order valence-electron chi connectivity index (χ0n) is 9.83. The number of Topliss-reactive ketones (excluding diaryl/α,β-unsaturated/α-hetero) is 1. The molecule has 0 saturated heterocycles. The maximum absolute atomic E-state index is 12.2. The number of ketones is 1. The van der Waals surface area contributed by atoms with Crippen molar-refractivity contribution in [2.45, 2.75) is 16.2 Å². The lowest BCUT2D eigenvalue weighted by atomic mass is 10.0. The lowest BCUT2D eigenvalue weighted by Gasteiger charge is -2.04. The van der Waals surface area contributed by atoms with Gasteiger partial charge in [-0.1, -0.05) is 30.0 Å². The quantitative estimate of drug-likeness (QED) is 0.588. The van der Waals surface area contributed by atoms with Crippen molar-refractivity contribution in [3.63, 3.8) is 0 Å². The highest BCUT2D eigenvalue weighted by molar-refractivity contribution is 7.99. The molecule has 1 heterocycles. The van der Waals surface area contributed by atoms with Crippen LogP contribution in [-0.4, -0.2) is 10.7 Å². The Hall–Kier alpha value is -2.14. The number of benzene rings is 2. The van der Waals surface area contributed by atoms with Gasteiger partial charge in [0.1, 0.15) is 0 Å². The molecule has 2 aromatic carbocycles. The number of carbonyl (C=O) groups is 1. The second-order valence-electron chi connectivity index (χ2n) is 4.25. The van der Waals surface area contributed by atoms with Crippen molar-refractivity contribution >= 4 is 23.2 Å². The molecule has 2 aromatic rings. The predicted molar refractivity (Wildman–Crippen MR) is 71.7 cm³/mol. The molecule has 0 aliphatic carbocycles. The van der Waals surface area contributed by atoms with E-state index in [1.54, 1.807) is 12.1 Å². The number of fused-ring (bicyclic) bond motifs is 2. The molecule has 0 radical (unpaired) electrons. The molecule has 1 aliphatic heterocycles. The molecule has 0 bridgehead atoms. The molecule has 0 fully saturated rings. The molecule has 94 valence electrons. The molecule has 1 aliphatic rings. The number of nitro groups is 1. The molecule has 3 rings (SSSR count). The summed E-state index contributed by atoms with van der Waals surface area (Å²) in [7, 11) is 0. The number of nitro benzene ring substituents is 1. The number of rotatable bonds is 1. The van der Waals surface area contributed by atoms with E-state index in [2.05, 4.69) is 0 Å². The Morgan fingerprint density at radius 2 is 1.89 bits per heavy atom. The van der Waals surface area contributed by atoms with Gasteiger partial charge in [-0.2, -0.15) is 0 Å². The van der Waals surface area contributed by atoms with E-state index in [9.17, 15) is 14.9 Å². The van der Waals surface area contributed by atoms with Crippen molar-refractivity contribution in [1.29, 1.82) is 0 Å². The highest BCUT2D eigenvalue weighted by Crippen LogP contribution is 2.38. The molecule has 0 atom stereocenters. The summed E-state index contributed by atoms with van der Waals surface area (Å²) in [5.41, 5.74) is 1.44. The first kappa shape index (κ1) is 11.9. The van der Waals surface area contributed by atoms with Crippen LogP contribution in [0.1, 0.15) is 15.9 Å². The molecule has 19 heavy (non-hydrogen) atoms. The highest BCUT2D eigenvalue weighted by atomic mass is 32.2. The molecular formula is C14H9NO3S. The third-order valence-electron chi connectivity index (χ3n) is 3.01. The van der Waals surface area contributed by atoms with Crippen LogP contribution >= 0.6 is 11.8 Å². The zero-order chi connectivity index (χ0) is 13.4. The van der Waals surface area contributed by atoms with Crippen LogP contribution in [0.4, 0.5) is 5.69 Å². The van der Waals surface area contributed by atoms with Gasteiger partial charge in [0, 0.05) is 33.9 Å². The first-order valence-electron chi connectivity index (χ1n) is 5.72. The normalized spacial score (nSPS) is 13.4. The Labute approximate surface area is 113 Å². The minimum Gasteiger partial charge on any atom is -0.294 e. The third kappa shape index (κ3) is 2.13. The van der Waals surface area contributed by atoms with Gasteiger partial charge in [-0.05, 0) is 17.7 Å². The molecular weight excluding hydrogens is 262 g/mol. The fourth-order valence-electron chi connectivity index (χ4n) is 2.09. The van der Waals surface area contributed by atoms with E-state index in [1.807, 2.05) is 18.2 Å². The Kier molecular flexibility index (Phi) is 2.83. The van der Waals surface area contributed by atoms with E-state index in [1.165, 1.54) is 23.9 Å². The maximum Gasteiger partial charge on any atom is 0.269 e. The minimum atomic E-state index is -0.437. The summed E-state index contributed by atoms with van der Waals surface area (Å²) >= 11 is 1.48. The first-order valence-corrected chi connectivity index (χ1v) is 6.54.